The Labute approximate surface area is 116 Å². The number of carbonyl (C=O) groups excluding carboxylic acids is 1. The molecule has 0 aliphatic carbocycles. The second-order valence-corrected chi connectivity index (χ2v) is 5.76. The van der Waals surface area contributed by atoms with E-state index in [0.717, 1.165) is 12.2 Å². The molecule has 1 aromatic rings. The van der Waals surface area contributed by atoms with Gasteiger partial charge in [0.25, 0.3) is 0 Å². The number of nitrogen functional groups attached to an aromatic ring is 1. The third-order valence-electron chi connectivity index (χ3n) is 2.93. The first kappa shape index (κ1) is 15.3. The Morgan fingerprint density at radius 3 is 2.42 bits per heavy atom. The van der Waals surface area contributed by atoms with Crippen molar-refractivity contribution in [3.63, 3.8) is 0 Å². The van der Waals surface area contributed by atoms with Crippen molar-refractivity contribution in [1.29, 1.82) is 0 Å². The number of nitrogens with two attached hydrogens (primary N) is 1. The summed E-state index contributed by atoms with van der Waals surface area (Å²) in [6.07, 6.45) is 0. The molecule has 0 spiro atoms. The molecule has 19 heavy (non-hydrogen) atoms. The highest BCUT2D eigenvalue weighted by Gasteiger charge is 2.24. The molecular formula is C15H25N3O. The highest BCUT2D eigenvalue weighted by Crippen LogP contribution is 2.24. The standard InChI is InChI=1S/C15H25N3O/c1-6-18(13-10-8-7-9-12(13)16)11(2)14(19)17-15(3,4)5/h7-11H,6,16H2,1-5H3,(H,17,19). The number of rotatable bonds is 4. The Bertz CT molecular complexity index is 437. The fourth-order valence-electron chi connectivity index (χ4n) is 2.02. The van der Waals surface area contributed by atoms with Crippen LogP contribution in [0.15, 0.2) is 24.3 Å². The van der Waals surface area contributed by atoms with E-state index in [2.05, 4.69) is 5.32 Å². The number of carbonyl (C=O) groups is 1. The van der Waals surface area contributed by atoms with Gasteiger partial charge in [0, 0.05) is 12.1 Å². The van der Waals surface area contributed by atoms with Crippen molar-refractivity contribution >= 4 is 17.3 Å². The van der Waals surface area contributed by atoms with E-state index in [1.165, 1.54) is 0 Å². The highest BCUT2D eigenvalue weighted by molar-refractivity contribution is 5.86. The van der Waals surface area contributed by atoms with Crippen molar-refractivity contribution < 1.29 is 4.79 Å². The summed E-state index contributed by atoms with van der Waals surface area (Å²) in [4.78, 5) is 14.3. The van der Waals surface area contributed by atoms with E-state index in [4.69, 9.17) is 5.73 Å². The topological polar surface area (TPSA) is 58.4 Å². The minimum absolute atomic E-state index is 0.0117. The van der Waals surface area contributed by atoms with Crippen LogP contribution >= 0.6 is 0 Å². The molecule has 0 bridgehead atoms. The second-order valence-electron chi connectivity index (χ2n) is 5.76. The van der Waals surface area contributed by atoms with E-state index in [9.17, 15) is 4.79 Å². The lowest BCUT2D eigenvalue weighted by molar-refractivity contribution is -0.123. The summed E-state index contributed by atoms with van der Waals surface area (Å²) >= 11 is 0. The number of amides is 1. The molecule has 1 aromatic carbocycles. The van der Waals surface area contributed by atoms with Crippen molar-refractivity contribution in [3.05, 3.63) is 24.3 Å². The van der Waals surface area contributed by atoms with Gasteiger partial charge in [-0.1, -0.05) is 12.1 Å². The predicted molar refractivity (Wildman–Crippen MR) is 81.2 cm³/mol. The summed E-state index contributed by atoms with van der Waals surface area (Å²) in [5.74, 6) is 0.0117. The highest BCUT2D eigenvalue weighted by atomic mass is 16.2. The summed E-state index contributed by atoms with van der Waals surface area (Å²) in [6.45, 7) is 10.6. The van der Waals surface area contributed by atoms with Gasteiger partial charge < -0.3 is 16.0 Å². The molecule has 106 valence electrons. The van der Waals surface area contributed by atoms with Gasteiger partial charge in [0.2, 0.25) is 5.91 Å². The molecule has 0 aliphatic heterocycles. The number of benzene rings is 1. The SMILES string of the molecule is CCN(c1ccccc1N)C(C)C(=O)NC(C)(C)C. The zero-order chi connectivity index (χ0) is 14.6. The number of nitrogens with zero attached hydrogens (tertiary/aromatic N) is 1. The molecule has 0 fully saturated rings. The molecule has 4 heteroatoms. The van der Waals surface area contributed by atoms with Crippen molar-refractivity contribution in [2.24, 2.45) is 0 Å². The smallest absolute Gasteiger partial charge is 0.242 e. The van der Waals surface area contributed by atoms with Crippen LogP contribution in [0.2, 0.25) is 0 Å². The van der Waals surface area contributed by atoms with Crippen LogP contribution in [0.1, 0.15) is 34.6 Å². The maximum Gasteiger partial charge on any atom is 0.242 e. The van der Waals surface area contributed by atoms with Gasteiger partial charge in [0.1, 0.15) is 6.04 Å². The van der Waals surface area contributed by atoms with Crippen molar-refractivity contribution in [2.45, 2.75) is 46.2 Å². The summed E-state index contributed by atoms with van der Waals surface area (Å²) in [6, 6.07) is 7.37. The van der Waals surface area contributed by atoms with Gasteiger partial charge in [-0.15, -0.1) is 0 Å². The van der Waals surface area contributed by atoms with Crippen LogP contribution in [-0.2, 0) is 4.79 Å². The first-order valence-corrected chi connectivity index (χ1v) is 6.69. The monoisotopic (exact) mass is 263 g/mol. The molecule has 0 aromatic heterocycles. The first-order chi connectivity index (χ1) is 8.76. The molecule has 0 radical (unpaired) electrons. The number of hydrogen-bond acceptors (Lipinski definition) is 3. The average molecular weight is 263 g/mol. The lowest BCUT2D eigenvalue weighted by Gasteiger charge is -2.32. The molecule has 0 heterocycles. The van der Waals surface area contributed by atoms with E-state index in [1.807, 2.05) is 63.8 Å². The van der Waals surface area contributed by atoms with Crippen LogP contribution in [0.25, 0.3) is 0 Å². The molecule has 3 N–H and O–H groups in total. The van der Waals surface area contributed by atoms with Crippen LogP contribution in [0.3, 0.4) is 0 Å². The van der Waals surface area contributed by atoms with Gasteiger partial charge in [0.05, 0.1) is 11.4 Å². The van der Waals surface area contributed by atoms with E-state index < -0.39 is 0 Å². The van der Waals surface area contributed by atoms with Crippen molar-refractivity contribution in [1.82, 2.24) is 5.32 Å². The van der Waals surface area contributed by atoms with Crippen LogP contribution in [0.5, 0.6) is 0 Å². The number of likely N-dealkylation sites (N-methyl/N-ethyl adjacent to an activating group) is 1. The zero-order valence-corrected chi connectivity index (χ0v) is 12.5. The van der Waals surface area contributed by atoms with Gasteiger partial charge in [-0.05, 0) is 46.8 Å². The largest absolute Gasteiger partial charge is 0.397 e. The Morgan fingerprint density at radius 2 is 1.95 bits per heavy atom. The number of nitrogens with one attached hydrogen (secondary N) is 1. The van der Waals surface area contributed by atoms with Gasteiger partial charge >= 0.3 is 0 Å². The second kappa shape index (κ2) is 5.95. The van der Waals surface area contributed by atoms with Gasteiger partial charge in [-0.3, -0.25) is 4.79 Å². The third-order valence-corrected chi connectivity index (χ3v) is 2.93. The van der Waals surface area contributed by atoms with Gasteiger partial charge in [-0.25, -0.2) is 0 Å². The Morgan fingerprint density at radius 1 is 1.37 bits per heavy atom. The average Bonchev–Trinajstić information content (AvgIpc) is 2.30. The van der Waals surface area contributed by atoms with Crippen LogP contribution in [-0.4, -0.2) is 24.0 Å². The third kappa shape index (κ3) is 4.16. The summed E-state index contributed by atoms with van der Waals surface area (Å²) in [5.41, 5.74) is 7.36. The molecule has 0 saturated carbocycles. The molecule has 1 rings (SSSR count). The minimum atomic E-state index is -0.256. The number of para-hydroxylation sites is 2. The molecule has 1 unspecified atom stereocenters. The number of hydrogen-bond donors (Lipinski definition) is 2. The van der Waals surface area contributed by atoms with Gasteiger partial charge in [0.15, 0.2) is 0 Å². The van der Waals surface area contributed by atoms with E-state index in [0.29, 0.717) is 5.69 Å². The zero-order valence-electron chi connectivity index (χ0n) is 12.5. The van der Waals surface area contributed by atoms with Crippen LogP contribution < -0.4 is 16.0 Å². The molecule has 0 aliphatic rings. The minimum Gasteiger partial charge on any atom is -0.397 e. The Kier molecular flexibility index (Phi) is 4.81. The summed E-state index contributed by atoms with van der Waals surface area (Å²) in [5, 5.41) is 3.00. The van der Waals surface area contributed by atoms with E-state index >= 15 is 0 Å². The molecule has 1 amide bonds. The van der Waals surface area contributed by atoms with Gasteiger partial charge in [-0.2, -0.15) is 0 Å². The fraction of sp³-hybridized carbons (Fsp3) is 0.533. The van der Waals surface area contributed by atoms with E-state index in [-0.39, 0.29) is 17.5 Å². The Hall–Kier alpha value is -1.71. The molecular weight excluding hydrogens is 238 g/mol. The first-order valence-electron chi connectivity index (χ1n) is 6.69. The maximum absolute atomic E-state index is 12.3. The molecule has 1 atom stereocenters. The normalized spacial score (nSPS) is 12.9. The van der Waals surface area contributed by atoms with Crippen LogP contribution in [0.4, 0.5) is 11.4 Å². The van der Waals surface area contributed by atoms with Crippen molar-refractivity contribution in [2.75, 3.05) is 17.2 Å². The number of anilines is 2. The predicted octanol–water partition coefficient (Wildman–Crippen LogP) is 2.40. The molecule has 0 saturated heterocycles. The summed E-state index contributed by atoms with van der Waals surface area (Å²) in [7, 11) is 0. The van der Waals surface area contributed by atoms with E-state index in [1.54, 1.807) is 0 Å². The maximum atomic E-state index is 12.3. The quantitative estimate of drug-likeness (QED) is 0.820. The lowest BCUT2D eigenvalue weighted by Crippen LogP contribution is -2.51. The fourth-order valence-corrected chi connectivity index (χ4v) is 2.02. The summed E-state index contributed by atoms with van der Waals surface area (Å²) < 4.78 is 0. The lowest BCUT2D eigenvalue weighted by atomic mass is 10.1. The van der Waals surface area contributed by atoms with Crippen molar-refractivity contribution in [3.8, 4) is 0 Å². The van der Waals surface area contributed by atoms with Crippen LogP contribution in [0, 0.1) is 0 Å². The molecule has 4 nitrogen and oxygen atoms in total. The Balaban J connectivity index is 2.92.